The quantitative estimate of drug-likeness (QED) is 0.721. The van der Waals surface area contributed by atoms with Crippen LogP contribution in [0.2, 0.25) is 0 Å². The summed E-state index contributed by atoms with van der Waals surface area (Å²) in [5.74, 6) is 3.39. The summed E-state index contributed by atoms with van der Waals surface area (Å²) in [5, 5.41) is 0. The normalized spacial score (nSPS) is 32.6. The Morgan fingerprint density at radius 3 is 2.56 bits per heavy atom. The van der Waals surface area contributed by atoms with Gasteiger partial charge in [0.05, 0.1) is 0 Å². The second-order valence-corrected chi connectivity index (χ2v) is 5.16. The fourth-order valence-corrected chi connectivity index (χ4v) is 3.39. The Kier molecular flexibility index (Phi) is 1.70. The van der Waals surface area contributed by atoms with Gasteiger partial charge in [0.25, 0.3) is 0 Å². The maximum atomic E-state index is 5.87. The minimum absolute atomic E-state index is 0.634. The summed E-state index contributed by atoms with van der Waals surface area (Å²) in [6.07, 6.45) is 5.57. The summed E-state index contributed by atoms with van der Waals surface area (Å²) < 4.78 is 5.87. The zero-order valence-corrected chi connectivity index (χ0v) is 9.23. The first kappa shape index (κ1) is 8.80. The number of aromatic nitrogens is 1. The largest absolute Gasteiger partial charge is 0.440 e. The van der Waals surface area contributed by atoms with Gasteiger partial charge in [-0.25, -0.2) is 4.98 Å². The smallest absolute Gasteiger partial charge is 0.199 e. The van der Waals surface area contributed by atoms with E-state index in [2.05, 4.69) is 4.98 Å². The van der Waals surface area contributed by atoms with E-state index in [1.165, 1.54) is 25.7 Å². The first-order chi connectivity index (χ1) is 7.93. The van der Waals surface area contributed by atoms with Crippen molar-refractivity contribution in [2.45, 2.75) is 31.6 Å². The predicted octanol–water partition coefficient (Wildman–Crippen LogP) is 3.73. The maximum Gasteiger partial charge on any atom is 0.199 e. The zero-order valence-electron chi connectivity index (χ0n) is 9.23. The lowest BCUT2D eigenvalue weighted by atomic mass is 10.0. The maximum absolute atomic E-state index is 5.87. The number of oxazole rings is 1. The second kappa shape index (κ2) is 3.09. The van der Waals surface area contributed by atoms with Crippen LogP contribution in [0.4, 0.5) is 0 Å². The molecule has 2 aliphatic rings. The number of hydrogen-bond donors (Lipinski definition) is 0. The van der Waals surface area contributed by atoms with Crippen molar-refractivity contribution in [2.24, 2.45) is 11.8 Å². The Bertz CT molecular complexity index is 485. The molecular weight excluding hydrogens is 198 g/mol. The third-order valence-corrected chi connectivity index (χ3v) is 4.25. The van der Waals surface area contributed by atoms with Crippen LogP contribution < -0.4 is 0 Å². The van der Waals surface area contributed by atoms with Crippen LogP contribution in [-0.4, -0.2) is 4.98 Å². The minimum Gasteiger partial charge on any atom is -0.440 e. The minimum atomic E-state index is 0.634. The predicted molar refractivity (Wildman–Crippen MR) is 62.2 cm³/mol. The first-order valence-corrected chi connectivity index (χ1v) is 6.29. The summed E-state index contributed by atoms with van der Waals surface area (Å²) in [7, 11) is 0. The van der Waals surface area contributed by atoms with Crippen LogP contribution in [0.5, 0.6) is 0 Å². The molecule has 0 aliphatic heterocycles. The molecule has 2 aliphatic carbocycles. The van der Waals surface area contributed by atoms with Gasteiger partial charge in [0.1, 0.15) is 5.52 Å². The van der Waals surface area contributed by atoms with E-state index < -0.39 is 0 Å². The number of para-hydroxylation sites is 2. The summed E-state index contributed by atoms with van der Waals surface area (Å²) >= 11 is 0. The van der Waals surface area contributed by atoms with Gasteiger partial charge in [-0.2, -0.15) is 0 Å². The van der Waals surface area contributed by atoms with E-state index >= 15 is 0 Å². The van der Waals surface area contributed by atoms with Gasteiger partial charge >= 0.3 is 0 Å². The summed E-state index contributed by atoms with van der Waals surface area (Å²) in [6.45, 7) is 0. The first-order valence-electron chi connectivity index (χ1n) is 6.29. The molecule has 2 unspecified atom stereocenters. The molecule has 0 amide bonds. The SMILES string of the molecule is c1ccc2oc(C3C4CCCCC43)nc2c1. The zero-order chi connectivity index (χ0) is 10.5. The van der Waals surface area contributed by atoms with Crippen LogP contribution in [0.1, 0.15) is 37.5 Å². The van der Waals surface area contributed by atoms with E-state index in [0.29, 0.717) is 5.92 Å². The molecule has 0 spiro atoms. The molecule has 4 rings (SSSR count). The average molecular weight is 213 g/mol. The summed E-state index contributed by atoms with van der Waals surface area (Å²) in [5.41, 5.74) is 1.96. The Hall–Kier alpha value is -1.31. The van der Waals surface area contributed by atoms with Gasteiger partial charge < -0.3 is 4.42 Å². The third-order valence-electron chi connectivity index (χ3n) is 4.25. The molecule has 2 saturated carbocycles. The van der Waals surface area contributed by atoms with Crippen molar-refractivity contribution in [3.63, 3.8) is 0 Å². The van der Waals surface area contributed by atoms with Crippen molar-refractivity contribution in [2.75, 3.05) is 0 Å². The van der Waals surface area contributed by atoms with Gasteiger partial charge in [0.15, 0.2) is 11.5 Å². The molecular formula is C14H15NO. The number of hydrogen-bond acceptors (Lipinski definition) is 2. The van der Waals surface area contributed by atoms with E-state index in [-0.39, 0.29) is 0 Å². The van der Waals surface area contributed by atoms with Gasteiger partial charge in [-0.3, -0.25) is 0 Å². The van der Waals surface area contributed by atoms with E-state index in [1.54, 1.807) is 0 Å². The van der Waals surface area contributed by atoms with Gasteiger partial charge in [0, 0.05) is 5.92 Å². The number of benzene rings is 1. The molecule has 1 aromatic carbocycles. The van der Waals surface area contributed by atoms with Gasteiger partial charge in [-0.15, -0.1) is 0 Å². The van der Waals surface area contributed by atoms with Crippen LogP contribution in [0.3, 0.4) is 0 Å². The van der Waals surface area contributed by atoms with E-state index in [1.807, 2.05) is 24.3 Å². The monoisotopic (exact) mass is 213 g/mol. The molecule has 2 heteroatoms. The van der Waals surface area contributed by atoms with E-state index in [0.717, 1.165) is 28.8 Å². The standard InChI is InChI=1S/C14H15NO/c1-2-6-10-9(5-1)13(10)14-15-11-7-3-4-8-12(11)16-14/h3-4,7-10,13H,1-2,5-6H2. The average Bonchev–Trinajstić information content (AvgIpc) is 2.91. The Morgan fingerprint density at radius 1 is 1.06 bits per heavy atom. The Labute approximate surface area is 94.7 Å². The molecule has 0 radical (unpaired) electrons. The lowest BCUT2D eigenvalue weighted by Crippen LogP contribution is -1.91. The molecule has 0 saturated heterocycles. The molecule has 1 heterocycles. The highest BCUT2D eigenvalue weighted by molar-refractivity contribution is 5.72. The summed E-state index contributed by atoms with van der Waals surface area (Å²) in [4.78, 5) is 4.63. The van der Waals surface area contributed by atoms with Crippen molar-refractivity contribution >= 4 is 11.1 Å². The second-order valence-electron chi connectivity index (χ2n) is 5.16. The molecule has 2 fully saturated rings. The lowest BCUT2D eigenvalue weighted by Gasteiger charge is -2.04. The Morgan fingerprint density at radius 2 is 1.81 bits per heavy atom. The van der Waals surface area contributed by atoms with Crippen LogP contribution in [0, 0.1) is 11.8 Å². The number of rotatable bonds is 1. The molecule has 1 aromatic heterocycles. The molecule has 16 heavy (non-hydrogen) atoms. The van der Waals surface area contributed by atoms with Crippen molar-refractivity contribution in [1.82, 2.24) is 4.98 Å². The van der Waals surface area contributed by atoms with Crippen LogP contribution in [0.25, 0.3) is 11.1 Å². The molecule has 0 N–H and O–H groups in total. The summed E-state index contributed by atoms with van der Waals surface area (Å²) in [6, 6.07) is 8.08. The fourth-order valence-electron chi connectivity index (χ4n) is 3.39. The van der Waals surface area contributed by atoms with Gasteiger partial charge in [-0.1, -0.05) is 25.0 Å². The van der Waals surface area contributed by atoms with Gasteiger partial charge in [-0.05, 0) is 36.8 Å². The molecule has 2 atom stereocenters. The van der Waals surface area contributed by atoms with Crippen molar-refractivity contribution in [3.8, 4) is 0 Å². The van der Waals surface area contributed by atoms with E-state index in [9.17, 15) is 0 Å². The lowest BCUT2D eigenvalue weighted by molar-refractivity contribution is 0.480. The fraction of sp³-hybridized carbons (Fsp3) is 0.500. The van der Waals surface area contributed by atoms with Crippen molar-refractivity contribution in [3.05, 3.63) is 30.2 Å². The number of nitrogens with zero attached hydrogens (tertiary/aromatic N) is 1. The highest BCUT2D eigenvalue weighted by Gasteiger charge is 2.53. The Balaban J connectivity index is 1.72. The van der Waals surface area contributed by atoms with Crippen LogP contribution in [0.15, 0.2) is 28.7 Å². The van der Waals surface area contributed by atoms with Gasteiger partial charge in [0.2, 0.25) is 0 Å². The molecule has 2 nitrogen and oxygen atoms in total. The molecule has 0 bridgehead atoms. The van der Waals surface area contributed by atoms with Crippen LogP contribution >= 0.6 is 0 Å². The third kappa shape index (κ3) is 1.16. The number of fused-ring (bicyclic) bond motifs is 2. The van der Waals surface area contributed by atoms with Crippen molar-refractivity contribution in [1.29, 1.82) is 0 Å². The van der Waals surface area contributed by atoms with Crippen LogP contribution in [-0.2, 0) is 0 Å². The highest BCUT2D eigenvalue weighted by atomic mass is 16.3. The molecule has 82 valence electrons. The highest BCUT2D eigenvalue weighted by Crippen LogP contribution is 2.61. The molecule has 2 aromatic rings. The van der Waals surface area contributed by atoms with E-state index in [4.69, 9.17) is 4.42 Å². The van der Waals surface area contributed by atoms with Crippen molar-refractivity contribution < 1.29 is 4.42 Å². The topological polar surface area (TPSA) is 26.0 Å².